The number of hydrogen-bond donors (Lipinski definition) is 0. The van der Waals surface area contributed by atoms with E-state index in [9.17, 15) is 18.5 Å². The van der Waals surface area contributed by atoms with Gasteiger partial charge >= 0.3 is 0 Å². The summed E-state index contributed by atoms with van der Waals surface area (Å²) in [6, 6.07) is 5.21. The molecular weight excluding hydrogens is 382 g/mol. The van der Waals surface area contributed by atoms with Crippen molar-refractivity contribution >= 4 is 15.7 Å². The molecule has 0 bridgehead atoms. The predicted molar refractivity (Wildman–Crippen MR) is 105 cm³/mol. The van der Waals surface area contributed by atoms with Crippen LogP contribution in [-0.4, -0.2) is 64.8 Å². The van der Waals surface area contributed by atoms with Crippen LogP contribution in [0.25, 0.3) is 0 Å². The normalized spacial score (nSPS) is 16.5. The van der Waals surface area contributed by atoms with Crippen LogP contribution in [0.5, 0.6) is 0 Å². The van der Waals surface area contributed by atoms with Gasteiger partial charge in [-0.25, -0.2) is 13.4 Å². The van der Waals surface area contributed by atoms with Gasteiger partial charge in [-0.1, -0.05) is 19.9 Å². The number of hydrogen-bond acceptors (Lipinski definition) is 6. The van der Waals surface area contributed by atoms with Gasteiger partial charge in [0, 0.05) is 69.7 Å². The first-order chi connectivity index (χ1) is 13.3. The van der Waals surface area contributed by atoms with E-state index in [1.807, 2.05) is 6.20 Å². The van der Waals surface area contributed by atoms with E-state index < -0.39 is 14.9 Å². The van der Waals surface area contributed by atoms with Crippen LogP contribution in [0, 0.1) is 10.1 Å². The summed E-state index contributed by atoms with van der Waals surface area (Å²) in [5.41, 5.74) is -0.221. The molecule has 0 aliphatic carbocycles. The first-order valence-corrected chi connectivity index (χ1v) is 10.7. The molecule has 1 fully saturated rings. The summed E-state index contributed by atoms with van der Waals surface area (Å²) in [7, 11) is -3.73. The van der Waals surface area contributed by atoms with Crippen LogP contribution in [0.2, 0.25) is 0 Å². The van der Waals surface area contributed by atoms with Crippen molar-refractivity contribution in [1.82, 2.24) is 18.8 Å². The lowest BCUT2D eigenvalue weighted by molar-refractivity contribution is -0.385. The molecule has 1 aliphatic rings. The highest BCUT2D eigenvalue weighted by Gasteiger charge is 2.29. The van der Waals surface area contributed by atoms with E-state index in [1.54, 1.807) is 6.20 Å². The Bertz CT molecular complexity index is 933. The average Bonchev–Trinajstić information content (AvgIpc) is 3.16. The summed E-state index contributed by atoms with van der Waals surface area (Å²) >= 11 is 0. The van der Waals surface area contributed by atoms with Gasteiger partial charge in [0.05, 0.1) is 9.82 Å². The SMILES string of the molecule is CC(C)c1nccn1CCN1CCN(S(=O)(=O)c2cccc([N+](=O)[O-])c2)CC1. The molecule has 0 amide bonds. The van der Waals surface area contributed by atoms with E-state index in [0.717, 1.165) is 25.0 Å². The topological polar surface area (TPSA) is 102 Å². The standard InChI is InChI=1S/C18H25N5O4S/c1-15(2)18-19-6-7-21(18)11-8-20-9-12-22(13-10-20)28(26,27)17-5-3-4-16(14-17)23(24)25/h3-7,14-15H,8-13H2,1-2H3. The molecule has 28 heavy (non-hydrogen) atoms. The zero-order valence-corrected chi connectivity index (χ0v) is 16.9. The molecule has 152 valence electrons. The van der Waals surface area contributed by atoms with Gasteiger partial charge < -0.3 is 4.57 Å². The molecule has 0 saturated carbocycles. The van der Waals surface area contributed by atoms with Gasteiger partial charge in [0.25, 0.3) is 5.69 Å². The smallest absolute Gasteiger partial charge is 0.270 e. The number of non-ortho nitro benzene ring substituents is 1. The van der Waals surface area contributed by atoms with Crippen molar-refractivity contribution < 1.29 is 13.3 Å². The van der Waals surface area contributed by atoms with Gasteiger partial charge in [-0.15, -0.1) is 0 Å². The van der Waals surface area contributed by atoms with Gasteiger partial charge in [0.2, 0.25) is 10.0 Å². The minimum absolute atomic E-state index is 0.0323. The maximum absolute atomic E-state index is 12.8. The second-order valence-electron chi connectivity index (χ2n) is 7.13. The lowest BCUT2D eigenvalue weighted by Crippen LogP contribution is -2.49. The van der Waals surface area contributed by atoms with E-state index in [0.29, 0.717) is 32.1 Å². The summed E-state index contributed by atoms with van der Waals surface area (Å²) in [6.45, 7) is 7.83. The number of imidazole rings is 1. The van der Waals surface area contributed by atoms with Crippen LogP contribution in [0.4, 0.5) is 5.69 Å². The van der Waals surface area contributed by atoms with Crippen LogP contribution in [0.3, 0.4) is 0 Å². The molecule has 1 aliphatic heterocycles. The van der Waals surface area contributed by atoms with E-state index >= 15 is 0 Å². The molecule has 10 heteroatoms. The molecule has 2 heterocycles. The quantitative estimate of drug-likeness (QED) is 0.513. The van der Waals surface area contributed by atoms with Gasteiger partial charge in [-0.3, -0.25) is 15.0 Å². The maximum atomic E-state index is 12.8. The Balaban J connectivity index is 1.59. The molecule has 3 rings (SSSR count). The number of rotatable bonds is 7. The number of nitrogens with zero attached hydrogens (tertiary/aromatic N) is 5. The van der Waals surface area contributed by atoms with Crippen LogP contribution < -0.4 is 0 Å². The van der Waals surface area contributed by atoms with E-state index in [-0.39, 0.29) is 10.6 Å². The second-order valence-corrected chi connectivity index (χ2v) is 9.07. The highest BCUT2D eigenvalue weighted by molar-refractivity contribution is 7.89. The number of benzene rings is 1. The average molecular weight is 407 g/mol. The Kier molecular flexibility index (Phi) is 6.11. The van der Waals surface area contributed by atoms with Gasteiger partial charge in [-0.2, -0.15) is 4.31 Å². The third-order valence-corrected chi connectivity index (χ3v) is 6.81. The first kappa shape index (κ1) is 20.4. The van der Waals surface area contributed by atoms with Crippen molar-refractivity contribution in [2.45, 2.75) is 31.2 Å². The maximum Gasteiger partial charge on any atom is 0.270 e. The van der Waals surface area contributed by atoms with Gasteiger partial charge in [0.1, 0.15) is 5.82 Å². The Labute approximate surface area is 164 Å². The van der Waals surface area contributed by atoms with Crippen molar-refractivity contribution in [3.63, 3.8) is 0 Å². The fraction of sp³-hybridized carbons (Fsp3) is 0.500. The van der Waals surface area contributed by atoms with Crippen molar-refractivity contribution in [3.05, 3.63) is 52.6 Å². The molecule has 1 saturated heterocycles. The summed E-state index contributed by atoms with van der Waals surface area (Å²) in [4.78, 5) is 16.9. The zero-order valence-electron chi connectivity index (χ0n) is 16.1. The Morgan fingerprint density at radius 1 is 1.18 bits per heavy atom. The summed E-state index contributed by atoms with van der Waals surface area (Å²) in [5.74, 6) is 1.40. The van der Waals surface area contributed by atoms with Gasteiger partial charge in [0.15, 0.2) is 0 Å². The predicted octanol–water partition coefficient (Wildman–Crippen LogP) is 1.92. The van der Waals surface area contributed by atoms with Crippen LogP contribution in [-0.2, 0) is 16.6 Å². The molecule has 9 nitrogen and oxygen atoms in total. The minimum Gasteiger partial charge on any atom is -0.333 e. The van der Waals surface area contributed by atoms with Crippen molar-refractivity contribution in [2.75, 3.05) is 32.7 Å². The Morgan fingerprint density at radius 3 is 2.54 bits per heavy atom. The van der Waals surface area contributed by atoms with E-state index in [4.69, 9.17) is 0 Å². The molecule has 1 aromatic carbocycles. The zero-order chi connectivity index (χ0) is 20.3. The van der Waals surface area contributed by atoms with Crippen LogP contribution in [0.15, 0.2) is 41.6 Å². The van der Waals surface area contributed by atoms with Crippen LogP contribution in [0.1, 0.15) is 25.6 Å². The first-order valence-electron chi connectivity index (χ1n) is 9.27. The molecule has 0 spiro atoms. The highest BCUT2D eigenvalue weighted by atomic mass is 32.2. The Hall–Kier alpha value is -2.30. The number of piperazine rings is 1. The van der Waals surface area contributed by atoms with Crippen molar-refractivity contribution in [1.29, 1.82) is 0 Å². The fourth-order valence-corrected chi connectivity index (χ4v) is 4.82. The monoisotopic (exact) mass is 407 g/mol. The fourth-order valence-electron chi connectivity index (χ4n) is 3.36. The van der Waals surface area contributed by atoms with Gasteiger partial charge in [-0.05, 0) is 6.07 Å². The van der Waals surface area contributed by atoms with Crippen LogP contribution >= 0.6 is 0 Å². The molecule has 0 radical (unpaired) electrons. The molecular formula is C18H25N5O4S. The molecule has 0 N–H and O–H groups in total. The number of aromatic nitrogens is 2. The summed E-state index contributed by atoms with van der Waals surface area (Å²) < 4.78 is 29.1. The van der Waals surface area contributed by atoms with Crippen molar-refractivity contribution in [3.8, 4) is 0 Å². The number of nitro groups is 1. The third-order valence-electron chi connectivity index (χ3n) is 4.92. The molecule has 0 unspecified atom stereocenters. The summed E-state index contributed by atoms with van der Waals surface area (Å²) in [5, 5.41) is 10.9. The second kappa shape index (κ2) is 8.38. The van der Waals surface area contributed by atoms with E-state index in [1.165, 1.54) is 22.5 Å². The summed E-state index contributed by atoms with van der Waals surface area (Å²) in [6.07, 6.45) is 3.78. The highest BCUT2D eigenvalue weighted by Crippen LogP contribution is 2.22. The number of sulfonamides is 1. The number of nitro benzene ring substituents is 1. The lowest BCUT2D eigenvalue weighted by Gasteiger charge is -2.34. The third kappa shape index (κ3) is 4.40. The van der Waals surface area contributed by atoms with E-state index in [2.05, 4.69) is 28.3 Å². The molecule has 0 atom stereocenters. The molecule has 2 aromatic rings. The van der Waals surface area contributed by atoms with Crippen molar-refractivity contribution in [2.24, 2.45) is 0 Å². The molecule has 1 aromatic heterocycles. The lowest BCUT2D eigenvalue weighted by atomic mass is 10.2. The minimum atomic E-state index is -3.73. The largest absolute Gasteiger partial charge is 0.333 e. The Morgan fingerprint density at radius 2 is 1.89 bits per heavy atom.